The van der Waals surface area contributed by atoms with Gasteiger partial charge in [-0.3, -0.25) is 14.4 Å². The van der Waals surface area contributed by atoms with Gasteiger partial charge in [0.05, 0.1) is 13.5 Å². The van der Waals surface area contributed by atoms with Crippen molar-refractivity contribution in [2.24, 2.45) is 0 Å². The summed E-state index contributed by atoms with van der Waals surface area (Å²) in [4.78, 5) is 28.6. The van der Waals surface area contributed by atoms with Crippen molar-refractivity contribution in [2.45, 2.75) is 13.3 Å². The summed E-state index contributed by atoms with van der Waals surface area (Å²) in [6.07, 6.45) is 1.77. The average Bonchev–Trinajstić information content (AvgIpc) is 2.04. The van der Waals surface area contributed by atoms with E-state index in [0.717, 1.165) is 0 Å². The van der Waals surface area contributed by atoms with Gasteiger partial charge in [-0.25, -0.2) is 0 Å². The molecule has 74 valence electrons. The van der Waals surface area contributed by atoms with Crippen LogP contribution in [0.4, 0.5) is 0 Å². The highest BCUT2D eigenvalue weighted by Gasteiger charge is 1.95. The SMILES string of the molecule is C/C(=C\C=O)CC(=O)O.COC=O. The van der Waals surface area contributed by atoms with Crippen LogP contribution in [0.5, 0.6) is 0 Å². The van der Waals surface area contributed by atoms with Crippen LogP contribution in [-0.2, 0) is 19.1 Å². The van der Waals surface area contributed by atoms with Crippen LogP contribution >= 0.6 is 0 Å². The Morgan fingerprint density at radius 1 is 1.46 bits per heavy atom. The van der Waals surface area contributed by atoms with Gasteiger partial charge in [0.1, 0.15) is 6.29 Å². The second-order valence-corrected chi connectivity index (χ2v) is 2.05. The van der Waals surface area contributed by atoms with Crippen molar-refractivity contribution in [3.05, 3.63) is 11.6 Å². The predicted octanol–water partition coefficient (Wildman–Crippen LogP) is 0.395. The van der Waals surface area contributed by atoms with Gasteiger partial charge >= 0.3 is 5.97 Å². The van der Waals surface area contributed by atoms with Crippen LogP contribution < -0.4 is 0 Å². The smallest absolute Gasteiger partial charge is 0.307 e. The number of allylic oxidation sites excluding steroid dienone is 1. The lowest BCUT2D eigenvalue weighted by molar-refractivity contribution is -0.136. The monoisotopic (exact) mass is 188 g/mol. The van der Waals surface area contributed by atoms with Gasteiger partial charge in [-0.15, -0.1) is 0 Å². The molecule has 0 bridgehead atoms. The molecule has 1 N–H and O–H groups in total. The van der Waals surface area contributed by atoms with E-state index in [9.17, 15) is 9.59 Å². The number of aldehydes is 1. The van der Waals surface area contributed by atoms with Gasteiger partial charge in [-0.1, -0.05) is 5.57 Å². The number of ether oxygens (including phenoxy) is 1. The fourth-order valence-corrected chi connectivity index (χ4v) is 0.414. The molecule has 0 fully saturated rings. The van der Waals surface area contributed by atoms with Crippen LogP contribution in [0.25, 0.3) is 0 Å². The lowest BCUT2D eigenvalue weighted by atomic mass is 10.2. The van der Waals surface area contributed by atoms with E-state index >= 15 is 0 Å². The number of carbonyl (C=O) groups is 3. The minimum atomic E-state index is -0.911. The summed E-state index contributed by atoms with van der Waals surface area (Å²) in [5.41, 5.74) is 0.567. The molecular weight excluding hydrogens is 176 g/mol. The van der Waals surface area contributed by atoms with E-state index < -0.39 is 5.97 Å². The summed E-state index contributed by atoms with van der Waals surface area (Å²) in [5, 5.41) is 8.15. The Balaban J connectivity index is 0. The maximum absolute atomic E-state index is 9.93. The molecule has 5 nitrogen and oxygen atoms in total. The van der Waals surface area contributed by atoms with Crippen molar-refractivity contribution in [1.82, 2.24) is 0 Å². The third-order valence-electron chi connectivity index (χ3n) is 0.879. The summed E-state index contributed by atoms with van der Waals surface area (Å²) in [6.45, 7) is 1.97. The first kappa shape index (κ1) is 13.9. The Morgan fingerprint density at radius 3 is 2.15 bits per heavy atom. The Hall–Kier alpha value is -1.65. The van der Waals surface area contributed by atoms with E-state index in [-0.39, 0.29) is 6.42 Å². The van der Waals surface area contributed by atoms with Gasteiger partial charge in [0.25, 0.3) is 6.47 Å². The number of carboxylic acid groups (broad SMARTS) is 1. The van der Waals surface area contributed by atoms with Gasteiger partial charge < -0.3 is 9.84 Å². The van der Waals surface area contributed by atoms with Crippen LogP contribution in [0.15, 0.2) is 11.6 Å². The van der Waals surface area contributed by atoms with Gasteiger partial charge in [-0.2, -0.15) is 0 Å². The number of carbonyl (C=O) groups excluding carboxylic acids is 2. The third kappa shape index (κ3) is 17.9. The van der Waals surface area contributed by atoms with Crippen molar-refractivity contribution in [3.63, 3.8) is 0 Å². The number of aliphatic carboxylic acids is 1. The predicted molar refractivity (Wildman–Crippen MR) is 45.1 cm³/mol. The zero-order valence-electron chi connectivity index (χ0n) is 7.52. The molecule has 0 rings (SSSR count). The molecule has 0 unspecified atom stereocenters. The molecule has 13 heavy (non-hydrogen) atoms. The van der Waals surface area contributed by atoms with Crippen LogP contribution in [0.2, 0.25) is 0 Å². The molecule has 0 saturated heterocycles. The van der Waals surface area contributed by atoms with Crippen LogP contribution in [0, 0.1) is 0 Å². The summed E-state index contributed by atoms with van der Waals surface area (Å²) in [7, 11) is 1.31. The summed E-state index contributed by atoms with van der Waals surface area (Å²) < 4.78 is 3.86. The standard InChI is InChI=1S/C6H8O3.C2H4O2/c1-5(2-3-7)4-6(8)9;1-4-2-3/h2-3H,4H2,1H3,(H,8,9);2H,1H3/b5-2+;. The van der Waals surface area contributed by atoms with Crippen LogP contribution in [-0.4, -0.2) is 30.9 Å². The zero-order chi connectivity index (χ0) is 10.7. The van der Waals surface area contributed by atoms with E-state index in [0.29, 0.717) is 18.3 Å². The Morgan fingerprint density at radius 2 is 1.92 bits per heavy atom. The van der Waals surface area contributed by atoms with Crippen molar-refractivity contribution in [3.8, 4) is 0 Å². The summed E-state index contributed by atoms with van der Waals surface area (Å²) in [6, 6.07) is 0. The van der Waals surface area contributed by atoms with Crippen molar-refractivity contribution >= 4 is 18.7 Å². The van der Waals surface area contributed by atoms with Crippen LogP contribution in [0.3, 0.4) is 0 Å². The maximum Gasteiger partial charge on any atom is 0.307 e. The fourth-order valence-electron chi connectivity index (χ4n) is 0.414. The molecule has 0 saturated carbocycles. The first-order valence-electron chi connectivity index (χ1n) is 3.37. The highest BCUT2D eigenvalue weighted by molar-refractivity contribution is 5.73. The normalized spacial score (nSPS) is 9.23. The first-order chi connectivity index (χ1) is 6.08. The Labute approximate surface area is 76.0 Å². The van der Waals surface area contributed by atoms with Crippen molar-refractivity contribution < 1.29 is 24.2 Å². The molecule has 0 amide bonds. The quantitative estimate of drug-likeness (QED) is 0.510. The van der Waals surface area contributed by atoms with Gasteiger partial charge in [-0.05, 0) is 13.0 Å². The maximum atomic E-state index is 9.93. The largest absolute Gasteiger partial charge is 0.481 e. The lowest BCUT2D eigenvalue weighted by Gasteiger charge is -1.89. The van der Waals surface area contributed by atoms with Gasteiger partial charge in [0.15, 0.2) is 0 Å². The third-order valence-corrected chi connectivity index (χ3v) is 0.879. The van der Waals surface area contributed by atoms with Gasteiger partial charge in [0.2, 0.25) is 0 Å². The average molecular weight is 188 g/mol. The second-order valence-electron chi connectivity index (χ2n) is 2.05. The fraction of sp³-hybridized carbons (Fsp3) is 0.375. The first-order valence-corrected chi connectivity index (χ1v) is 3.37. The Kier molecular flexibility index (Phi) is 11.1. The van der Waals surface area contributed by atoms with E-state index in [1.807, 2.05) is 0 Å². The molecule has 0 radical (unpaired) electrons. The molecule has 0 aliphatic carbocycles. The van der Waals surface area contributed by atoms with E-state index in [2.05, 4.69) is 4.74 Å². The zero-order valence-corrected chi connectivity index (χ0v) is 7.52. The van der Waals surface area contributed by atoms with Crippen molar-refractivity contribution in [1.29, 1.82) is 0 Å². The molecular formula is C8H12O5. The number of hydrogen-bond acceptors (Lipinski definition) is 4. The van der Waals surface area contributed by atoms with E-state index in [1.54, 1.807) is 6.92 Å². The molecule has 0 aliphatic rings. The van der Waals surface area contributed by atoms with E-state index in [4.69, 9.17) is 9.90 Å². The minimum Gasteiger partial charge on any atom is -0.481 e. The molecule has 0 aliphatic heterocycles. The topological polar surface area (TPSA) is 80.7 Å². The number of carboxylic acids is 1. The number of rotatable bonds is 4. The number of methoxy groups -OCH3 is 1. The molecule has 5 heteroatoms. The molecule has 0 aromatic carbocycles. The molecule has 0 aromatic rings. The Bertz CT molecular complexity index is 195. The van der Waals surface area contributed by atoms with E-state index in [1.165, 1.54) is 13.2 Å². The lowest BCUT2D eigenvalue weighted by Crippen LogP contribution is -1.94. The second kappa shape index (κ2) is 10.3. The summed E-state index contributed by atoms with van der Waals surface area (Å²) in [5.74, 6) is -0.911. The van der Waals surface area contributed by atoms with Gasteiger partial charge in [0, 0.05) is 0 Å². The highest BCUT2D eigenvalue weighted by atomic mass is 16.5. The molecule has 0 aromatic heterocycles. The van der Waals surface area contributed by atoms with Crippen LogP contribution in [0.1, 0.15) is 13.3 Å². The minimum absolute atomic E-state index is 0.0568. The number of hydrogen-bond donors (Lipinski definition) is 1. The summed E-state index contributed by atoms with van der Waals surface area (Å²) >= 11 is 0. The highest BCUT2D eigenvalue weighted by Crippen LogP contribution is 1.96. The molecule has 0 heterocycles. The van der Waals surface area contributed by atoms with Crippen molar-refractivity contribution in [2.75, 3.05) is 7.11 Å². The molecule has 0 spiro atoms. The molecule has 0 atom stereocenters.